The molecular weight excluding hydrogens is 108 g/mol. The van der Waals surface area contributed by atoms with Gasteiger partial charge in [0.2, 0.25) is 0 Å². The Labute approximate surface area is 57.6 Å². The van der Waals surface area contributed by atoms with Crippen LogP contribution < -0.4 is 0 Å². The second-order valence-electron chi connectivity index (χ2n) is 4.10. The van der Waals surface area contributed by atoms with E-state index in [-0.39, 0.29) is 0 Å². The number of hydrogen-bond acceptors (Lipinski definition) is 0. The molecule has 2 saturated carbocycles. The lowest BCUT2D eigenvalue weighted by Crippen LogP contribution is -2.26. The maximum absolute atomic E-state index is 2.43. The summed E-state index contributed by atoms with van der Waals surface area (Å²) in [6.07, 6.45) is 4.58. The number of hydrogen-bond donors (Lipinski definition) is 0. The molecule has 0 nitrogen and oxygen atoms in total. The third-order valence-electron chi connectivity index (χ3n) is 3.59. The Bertz CT molecular complexity index is 103. The molecule has 0 amide bonds. The van der Waals surface area contributed by atoms with Gasteiger partial charge in [-0.25, -0.2) is 0 Å². The first-order valence-corrected chi connectivity index (χ1v) is 4.29. The Morgan fingerprint density at radius 1 is 0.889 bits per heavy atom. The van der Waals surface area contributed by atoms with E-state index >= 15 is 0 Å². The zero-order valence-electron chi connectivity index (χ0n) is 6.43. The molecule has 2 aliphatic carbocycles. The monoisotopic (exact) mass is 124 g/mol. The molecule has 2 fully saturated rings. The highest BCUT2D eigenvalue weighted by Crippen LogP contribution is 2.53. The molecule has 0 radical (unpaired) electrons. The summed E-state index contributed by atoms with van der Waals surface area (Å²) in [5, 5.41) is 0. The van der Waals surface area contributed by atoms with Gasteiger partial charge in [-0.1, -0.05) is 13.8 Å². The van der Waals surface area contributed by atoms with Crippen molar-refractivity contribution in [2.24, 2.45) is 23.7 Å². The Kier molecular flexibility index (Phi) is 1.12. The summed E-state index contributed by atoms with van der Waals surface area (Å²) in [6, 6.07) is 0. The van der Waals surface area contributed by atoms with E-state index in [4.69, 9.17) is 0 Å². The van der Waals surface area contributed by atoms with Crippen molar-refractivity contribution in [1.82, 2.24) is 0 Å². The molecule has 0 spiro atoms. The Morgan fingerprint density at radius 3 is 1.56 bits per heavy atom. The van der Waals surface area contributed by atoms with E-state index in [0.29, 0.717) is 0 Å². The summed E-state index contributed by atoms with van der Waals surface area (Å²) in [5.41, 5.74) is 0. The van der Waals surface area contributed by atoms with Crippen LogP contribution in [-0.2, 0) is 0 Å². The van der Waals surface area contributed by atoms with Crippen LogP contribution in [-0.4, -0.2) is 0 Å². The predicted molar refractivity (Wildman–Crippen MR) is 39.2 cm³/mol. The van der Waals surface area contributed by atoms with E-state index in [9.17, 15) is 0 Å². The van der Waals surface area contributed by atoms with Crippen LogP contribution in [0, 0.1) is 23.7 Å². The van der Waals surface area contributed by atoms with E-state index in [1.807, 2.05) is 0 Å². The highest BCUT2D eigenvalue weighted by molar-refractivity contribution is 4.93. The van der Waals surface area contributed by atoms with Crippen LogP contribution in [0.15, 0.2) is 0 Å². The van der Waals surface area contributed by atoms with E-state index in [2.05, 4.69) is 13.8 Å². The van der Waals surface area contributed by atoms with Gasteiger partial charge in [0, 0.05) is 0 Å². The van der Waals surface area contributed by atoms with Gasteiger partial charge in [0.25, 0.3) is 0 Å². The summed E-state index contributed by atoms with van der Waals surface area (Å²) >= 11 is 0. The van der Waals surface area contributed by atoms with Crippen molar-refractivity contribution in [2.75, 3.05) is 0 Å². The molecule has 0 aromatic heterocycles. The minimum absolute atomic E-state index is 1.05. The second-order valence-corrected chi connectivity index (χ2v) is 4.10. The predicted octanol–water partition coefficient (Wildman–Crippen LogP) is 2.69. The van der Waals surface area contributed by atoms with Gasteiger partial charge in [-0.15, -0.1) is 0 Å². The molecule has 0 saturated heterocycles. The minimum Gasteiger partial charge on any atom is -0.0622 e. The standard InChI is InChI=1S/C9H16/c1-6-5-7(2)9-4-3-8(6)9/h6-9H,3-5H2,1-2H3. The fourth-order valence-electron chi connectivity index (χ4n) is 2.90. The van der Waals surface area contributed by atoms with Crippen molar-refractivity contribution in [2.45, 2.75) is 33.1 Å². The van der Waals surface area contributed by atoms with Gasteiger partial charge in [0.15, 0.2) is 0 Å². The smallest absolute Gasteiger partial charge is 0.0357 e. The van der Waals surface area contributed by atoms with Gasteiger partial charge in [-0.3, -0.25) is 0 Å². The molecule has 0 heteroatoms. The minimum atomic E-state index is 1.05. The lowest BCUT2D eigenvalue weighted by atomic mass is 9.71. The van der Waals surface area contributed by atoms with Crippen LogP contribution in [0.3, 0.4) is 0 Å². The first kappa shape index (κ1) is 5.76. The Morgan fingerprint density at radius 2 is 1.33 bits per heavy atom. The van der Waals surface area contributed by atoms with Gasteiger partial charge in [-0.2, -0.15) is 0 Å². The lowest BCUT2D eigenvalue weighted by molar-refractivity contribution is 0.154. The van der Waals surface area contributed by atoms with Crippen LogP contribution in [0.25, 0.3) is 0 Å². The molecule has 0 aliphatic heterocycles. The van der Waals surface area contributed by atoms with Gasteiger partial charge in [-0.05, 0) is 42.9 Å². The lowest BCUT2D eigenvalue weighted by Gasteiger charge is -2.34. The third-order valence-corrected chi connectivity index (χ3v) is 3.59. The highest BCUT2D eigenvalue weighted by Gasteiger charge is 2.44. The first-order valence-electron chi connectivity index (χ1n) is 4.29. The van der Waals surface area contributed by atoms with Crippen molar-refractivity contribution in [3.05, 3.63) is 0 Å². The molecule has 0 aromatic carbocycles. The zero-order chi connectivity index (χ0) is 6.43. The topological polar surface area (TPSA) is 0 Å². The Balaban J connectivity index is 2.08. The summed E-state index contributed by atoms with van der Waals surface area (Å²) in [5.74, 6) is 4.39. The third kappa shape index (κ3) is 0.653. The number of rotatable bonds is 0. The fraction of sp³-hybridized carbons (Fsp3) is 1.00. The SMILES string of the molecule is CC1CC(C)C2CCC12. The van der Waals surface area contributed by atoms with E-state index in [0.717, 1.165) is 23.7 Å². The largest absolute Gasteiger partial charge is 0.0622 e. The molecular formula is C9H16. The summed E-state index contributed by atoms with van der Waals surface area (Å²) < 4.78 is 0. The van der Waals surface area contributed by atoms with Crippen molar-refractivity contribution in [1.29, 1.82) is 0 Å². The van der Waals surface area contributed by atoms with Gasteiger partial charge < -0.3 is 0 Å². The van der Waals surface area contributed by atoms with E-state index < -0.39 is 0 Å². The zero-order valence-corrected chi connectivity index (χ0v) is 6.43. The van der Waals surface area contributed by atoms with Gasteiger partial charge in [0.05, 0.1) is 0 Å². The van der Waals surface area contributed by atoms with Crippen molar-refractivity contribution in [3.63, 3.8) is 0 Å². The molecule has 9 heavy (non-hydrogen) atoms. The van der Waals surface area contributed by atoms with Crippen LogP contribution in [0.2, 0.25) is 0 Å². The normalized spacial score (nSPS) is 56.7. The highest BCUT2D eigenvalue weighted by atomic mass is 14.5. The average molecular weight is 124 g/mol. The molecule has 0 bridgehead atoms. The maximum Gasteiger partial charge on any atom is -0.0357 e. The first-order chi connectivity index (χ1) is 4.29. The van der Waals surface area contributed by atoms with Crippen molar-refractivity contribution >= 4 is 0 Å². The van der Waals surface area contributed by atoms with E-state index in [1.165, 1.54) is 19.3 Å². The Hall–Kier alpha value is 0. The molecule has 2 rings (SSSR count). The summed E-state index contributed by atoms with van der Waals surface area (Å²) in [6.45, 7) is 4.86. The van der Waals surface area contributed by atoms with Crippen LogP contribution in [0.5, 0.6) is 0 Å². The van der Waals surface area contributed by atoms with Gasteiger partial charge in [0.1, 0.15) is 0 Å². The summed E-state index contributed by atoms with van der Waals surface area (Å²) in [4.78, 5) is 0. The van der Waals surface area contributed by atoms with Crippen molar-refractivity contribution in [3.8, 4) is 0 Å². The number of fused-ring (bicyclic) bond motifs is 1. The molecule has 0 heterocycles. The average Bonchev–Trinajstić information content (AvgIpc) is 1.73. The molecule has 0 aromatic rings. The molecule has 4 unspecified atom stereocenters. The van der Waals surface area contributed by atoms with Crippen molar-refractivity contribution < 1.29 is 0 Å². The maximum atomic E-state index is 2.43. The van der Waals surface area contributed by atoms with Crippen LogP contribution >= 0.6 is 0 Å². The molecule has 52 valence electrons. The second kappa shape index (κ2) is 1.74. The van der Waals surface area contributed by atoms with E-state index in [1.54, 1.807) is 0 Å². The fourth-order valence-corrected chi connectivity index (χ4v) is 2.90. The molecule has 2 aliphatic rings. The van der Waals surface area contributed by atoms with Gasteiger partial charge >= 0.3 is 0 Å². The quantitative estimate of drug-likeness (QED) is 0.465. The summed E-state index contributed by atoms with van der Waals surface area (Å²) in [7, 11) is 0. The van der Waals surface area contributed by atoms with Crippen LogP contribution in [0.1, 0.15) is 33.1 Å². The molecule has 0 N–H and O–H groups in total. The molecule has 4 atom stereocenters. The van der Waals surface area contributed by atoms with Crippen LogP contribution in [0.4, 0.5) is 0 Å².